The molecule has 0 aliphatic heterocycles. The fourth-order valence-electron chi connectivity index (χ4n) is 2.51. The third-order valence-corrected chi connectivity index (χ3v) is 3.60. The highest BCUT2D eigenvalue weighted by atomic mass is 19.1. The summed E-state index contributed by atoms with van der Waals surface area (Å²) < 4.78 is 15.2. The van der Waals surface area contributed by atoms with Gasteiger partial charge in [0.15, 0.2) is 0 Å². The second-order valence-electron chi connectivity index (χ2n) is 5.01. The molecule has 3 aromatic rings. The molecule has 1 heterocycles. The van der Waals surface area contributed by atoms with Gasteiger partial charge in [0.05, 0.1) is 23.5 Å². The zero-order valence-corrected chi connectivity index (χ0v) is 11.7. The molecular formula is C17H14FN3. The van der Waals surface area contributed by atoms with Gasteiger partial charge in [0, 0.05) is 6.54 Å². The monoisotopic (exact) mass is 279 g/mol. The van der Waals surface area contributed by atoms with Crippen LogP contribution in [0.4, 0.5) is 4.39 Å². The normalized spacial score (nSPS) is 10.7. The summed E-state index contributed by atoms with van der Waals surface area (Å²) in [7, 11) is 0. The van der Waals surface area contributed by atoms with Crippen LogP contribution in [-0.2, 0) is 13.0 Å². The number of nitrogens with zero attached hydrogens (tertiary/aromatic N) is 3. The molecule has 0 spiro atoms. The first kappa shape index (κ1) is 13.3. The van der Waals surface area contributed by atoms with Crippen LogP contribution in [-0.4, -0.2) is 9.55 Å². The summed E-state index contributed by atoms with van der Waals surface area (Å²) in [6.07, 6.45) is 0.259. The number of halogens is 1. The van der Waals surface area contributed by atoms with Crippen LogP contribution in [0.2, 0.25) is 0 Å². The number of nitriles is 1. The third-order valence-electron chi connectivity index (χ3n) is 3.60. The van der Waals surface area contributed by atoms with Crippen molar-refractivity contribution in [1.82, 2.24) is 9.55 Å². The van der Waals surface area contributed by atoms with Crippen LogP contribution in [0.3, 0.4) is 0 Å². The van der Waals surface area contributed by atoms with Crippen LogP contribution in [0, 0.1) is 24.1 Å². The number of imidazole rings is 1. The first-order valence-electron chi connectivity index (χ1n) is 6.75. The fourth-order valence-corrected chi connectivity index (χ4v) is 2.51. The van der Waals surface area contributed by atoms with Crippen molar-refractivity contribution in [1.29, 1.82) is 5.26 Å². The summed E-state index contributed by atoms with van der Waals surface area (Å²) >= 11 is 0. The lowest BCUT2D eigenvalue weighted by Gasteiger charge is -2.10. The zero-order valence-electron chi connectivity index (χ0n) is 11.7. The first-order valence-corrected chi connectivity index (χ1v) is 6.75. The van der Waals surface area contributed by atoms with Gasteiger partial charge in [-0.05, 0) is 42.3 Å². The summed E-state index contributed by atoms with van der Waals surface area (Å²) in [6.45, 7) is 2.48. The lowest BCUT2D eigenvalue weighted by Crippen LogP contribution is -2.06. The number of aryl methyl sites for hydroxylation is 1. The van der Waals surface area contributed by atoms with E-state index in [1.807, 2.05) is 35.8 Å². The van der Waals surface area contributed by atoms with Crippen LogP contribution < -0.4 is 0 Å². The molecule has 0 fully saturated rings. The molecule has 3 rings (SSSR count). The Balaban J connectivity index is 2.10. The molecule has 0 atom stereocenters. The van der Waals surface area contributed by atoms with E-state index in [1.54, 1.807) is 6.07 Å². The van der Waals surface area contributed by atoms with Crippen LogP contribution in [0.25, 0.3) is 11.0 Å². The third kappa shape index (κ3) is 2.50. The number of para-hydroxylation sites is 2. The van der Waals surface area contributed by atoms with Crippen molar-refractivity contribution in [3.8, 4) is 6.07 Å². The predicted molar refractivity (Wildman–Crippen MR) is 79.3 cm³/mol. The highest BCUT2D eigenvalue weighted by Crippen LogP contribution is 2.20. The number of rotatable bonds is 3. The van der Waals surface area contributed by atoms with E-state index in [2.05, 4.69) is 11.1 Å². The maximum Gasteiger partial charge on any atom is 0.124 e. The predicted octanol–water partition coefficient (Wildman–Crippen LogP) is 3.60. The van der Waals surface area contributed by atoms with Gasteiger partial charge in [-0.2, -0.15) is 5.26 Å². The summed E-state index contributed by atoms with van der Waals surface area (Å²) in [6, 6.07) is 14.7. The molecule has 0 aliphatic rings. The molecule has 3 nitrogen and oxygen atoms in total. The van der Waals surface area contributed by atoms with Gasteiger partial charge < -0.3 is 4.57 Å². The number of hydrogen-bond donors (Lipinski definition) is 0. The van der Waals surface area contributed by atoms with Crippen LogP contribution in [0.5, 0.6) is 0 Å². The molecule has 0 saturated heterocycles. The molecule has 0 unspecified atom stereocenters. The van der Waals surface area contributed by atoms with Gasteiger partial charge in [0.1, 0.15) is 11.6 Å². The topological polar surface area (TPSA) is 41.6 Å². The lowest BCUT2D eigenvalue weighted by atomic mass is 10.1. The second kappa shape index (κ2) is 5.37. The van der Waals surface area contributed by atoms with Crippen molar-refractivity contribution in [2.45, 2.75) is 19.9 Å². The van der Waals surface area contributed by atoms with Gasteiger partial charge in [-0.25, -0.2) is 9.37 Å². The largest absolute Gasteiger partial charge is 0.323 e. The van der Waals surface area contributed by atoms with Crippen LogP contribution in [0.1, 0.15) is 17.0 Å². The molecular weight excluding hydrogens is 265 g/mol. The molecule has 0 saturated carbocycles. The van der Waals surface area contributed by atoms with Gasteiger partial charge in [-0.15, -0.1) is 0 Å². The zero-order chi connectivity index (χ0) is 14.8. The SMILES string of the molecule is Cc1cc(F)ccc1Cn1c(CC#N)nc2ccccc21. The van der Waals surface area contributed by atoms with E-state index < -0.39 is 0 Å². The highest BCUT2D eigenvalue weighted by molar-refractivity contribution is 5.76. The fraction of sp³-hybridized carbons (Fsp3) is 0.176. The van der Waals surface area contributed by atoms with Crippen molar-refractivity contribution >= 4 is 11.0 Å². The Morgan fingerprint density at radius 2 is 2.05 bits per heavy atom. The molecule has 0 N–H and O–H groups in total. The second-order valence-corrected chi connectivity index (χ2v) is 5.01. The minimum Gasteiger partial charge on any atom is -0.323 e. The number of benzene rings is 2. The van der Waals surface area contributed by atoms with Gasteiger partial charge in [0.25, 0.3) is 0 Å². The number of hydrogen-bond acceptors (Lipinski definition) is 2. The Bertz CT molecular complexity index is 843. The Morgan fingerprint density at radius 3 is 2.81 bits per heavy atom. The summed E-state index contributed by atoms with van der Waals surface area (Å²) in [4.78, 5) is 4.51. The van der Waals surface area contributed by atoms with Gasteiger partial charge in [-0.3, -0.25) is 0 Å². The molecule has 2 aromatic carbocycles. The molecule has 0 amide bonds. The maximum absolute atomic E-state index is 13.2. The Kier molecular flexibility index (Phi) is 3.41. The summed E-state index contributed by atoms with van der Waals surface area (Å²) in [5.41, 5.74) is 3.79. The molecule has 1 aromatic heterocycles. The number of fused-ring (bicyclic) bond motifs is 1. The van der Waals surface area contributed by atoms with Crippen molar-refractivity contribution < 1.29 is 4.39 Å². The van der Waals surface area contributed by atoms with Crippen molar-refractivity contribution in [2.24, 2.45) is 0 Å². The maximum atomic E-state index is 13.2. The quantitative estimate of drug-likeness (QED) is 0.735. The van der Waals surface area contributed by atoms with Gasteiger partial charge >= 0.3 is 0 Å². The van der Waals surface area contributed by atoms with E-state index in [1.165, 1.54) is 12.1 Å². The lowest BCUT2D eigenvalue weighted by molar-refractivity contribution is 0.624. The first-order chi connectivity index (χ1) is 10.2. The van der Waals surface area contributed by atoms with Crippen LogP contribution in [0.15, 0.2) is 42.5 Å². The van der Waals surface area contributed by atoms with E-state index in [-0.39, 0.29) is 12.2 Å². The smallest absolute Gasteiger partial charge is 0.124 e. The standard InChI is InChI=1S/C17H14FN3/c1-12-10-14(18)7-6-13(12)11-21-16-5-3-2-4-15(16)20-17(21)8-9-19/h2-7,10H,8,11H2,1H3. The van der Waals surface area contributed by atoms with Gasteiger partial charge in [-0.1, -0.05) is 18.2 Å². The van der Waals surface area contributed by atoms with E-state index in [0.717, 1.165) is 28.0 Å². The van der Waals surface area contributed by atoms with Crippen molar-refractivity contribution in [2.75, 3.05) is 0 Å². The molecule has 0 aliphatic carbocycles. The van der Waals surface area contributed by atoms with Crippen molar-refractivity contribution in [3.05, 3.63) is 65.2 Å². The van der Waals surface area contributed by atoms with E-state index in [9.17, 15) is 4.39 Å². The highest BCUT2D eigenvalue weighted by Gasteiger charge is 2.11. The molecule has 0 bridgehead atoms. The minimum absolute atomic E-state index is 0.232. The molecule has 21 heavy (non-hydrogen) atoms. The van der Waals surface area contributed by atoms with E-state index >= 15 is 0 Å². The van der Waals surface area contributed by atoms with E-state index in [4.69, 9.17) is 5.26 Å². The van der Waals surface area contributed by atoms with Crippen molar-refractivity contribution in [3.63, 3.8) is 0 Å². The van der Waals surface area contributed by atoms with Gasteiger partial charge in [0.2, 0.25) is 0 Å². The minimum atomic E-state index is -0.232. The summed E-state index contributed by atoms with van der Waals surface area (Å²) in [5.74, 6) is 0.506. The molecule has 104 valence electrons. The average Bonchev–Trinajstić information content (AvgIpc) is 2.80. The Labute approximate surface area is 122 Å². The Hall–Kier alpha value is -2.67. The van der Waals surface area contributed by atoms with E-state index in [0.29, 0.717) is 6.54 Å². The van der Waals surface area contributed by atoms with Crippen LogP contribution >= 0.6 is 0 Å². The average molecular weight is 279 g/mol. The molecule has 4 heteroatoms. The Morgan fingerprint density at radius 1 is 1.24 bits per heavy atom. The molecule has 0 radical (unpaired) electrons. The number of aromatic nitrogens is 2. The summed E-state index contributed by atoms with van der Waals surface area (Å²) in [5, 5.41) is 8.97.